The number of urea groups is 1. The van der Waals surface area contributed by atoms with E-state index in [4.69, 9.17) is 23.2 Å². The summed E-state index contributed by atoms with van der Waals surface area (Å²) >= 11 is 5.62. The summed E-state index contributed by atoms with van der Waals surface area (Å²) in [5.74, 6) is 5.30. The van der Waals surface area contributed by atoms with Crippen LogP contribution in [0.5, 0.6) is 0 Å². The van der Waals surface area contributed by atoms with Crippen LogP contribution in [-0.4, -0.2) is 6.03 Å². The molecule has 1 aromatic rings. The monoisotopic (exact) mass is 185 g/mol. The number of benzene rings is 1. The van der Waals surface area contributed by atoms with Crippen LogP contribution in [0.15, 0.2) is 24.3 Å². The topological polar surface area (TPSA) is 72.4 Å². The van der Waals surface area contributed by atoms with Gasteiger partial charge in [0.25, 0.3) is 0 Å². The van der Waals surface area contributed by atoms with Crippen molar-refractivity contribution < 1.29 is 4.79 Å². The highest BCUT2D eigenvalue weighted by molar-refractivity contribution is 6.30. The Morgan fingerprint density at radius 2 is 1.83 bits per heavy atom. The third-order valence-electron chi connectivity index (χ3n) is 1.34. The van der Waals surface area contributed by atoms with Crippen LogP contribution in [0, 0.1) is 0 Å². The molecule has 0 aliphatic carbocycles. The third-order valence-corrected chi connectivity index (χ3v) is 1.59. The summed E-state index contributed by atoms with van der Waals surface area (Å²) in [6.07, 6.45) is 0. The van der Waals surface area contributed by atoms with Crippen molar-refractivity contribution in [3.05, 3.63) is 29.3 Å². The Kier molecular flexibility index (Phi) is 2.52. The number of carbonyl (C=O) groups excluding carboxylic acids is 1. The molecular weight excluding hydrogens is 178 g/mol. The number of nitrogens with two attached hydrogens (primary N) is 2. The molecule has 4 N–H and O–H groups in total. The average molecular weight is 186 g/mol. The van der Waals surface area contributed by atoms with Crippen LogP contribution >= 0.6 is 11.6 Å². The molecule has 0 aliphatic rings. The number of halogens is 1. The van der Waals surface area contributed by atoms with Crippen molar-refractivity contribution in [3.63, 3.8) is 0 Å². The lowest BCUT2D eigenvalue weighted by atomic mass is 10.3. The maximum Gasteiger partial charge on any atom is 0.333 e. The van der Waals surface area contributed by atoms with Gasteiger partial charge in [-0.25, -0.2) is 15.6 Å². The van der Waals surface area contributed by atoms with E-state index in [-0.39, 0.29) is 0 Å². The van der Waals surface area contributed by atoms with E-state index in [1.165, 1.54) is 0 Å². The molecule has 0 saturated carbocycles. The van der Waals surface area contributed by atoms with Crippen molar-refractivity contribution in [2.75, 3.05) is 5.01 Å². The first-order valence-corrected chi connectivity index (χ1v) is 3.59. The maximum atomic E-state index is 10.6. The Morgan fingerprint density at radius 3 is 2.25 bits per heavy atom. The van der Waals surface area contributed by atoms with Crippen molar-refractivity contribution >= 4 is 23.3 Å². The minimum atomic E-state index is -0.711. The molecule has 2 amide bonds. The zero-order valence-corrected chi connectivity index (χ0v) is 6.95. The first-order chi connectivity index (χ1) is 5.61. The van der Waals surface area contributed by atoms with Gasteiger partial charge >= 0.3 is 6.03 Å². The van der Waals surface area contributed by atoms with Crippen LogP contribution in [0.1, 0.15) is 0 Å². The first kappa shape index (κ1) is 8.83. The van der Waals surface area contributed by atoms with Gasteiger partial charge in [-0.3, -0.25) is 0 Å². The van der Waals surface area contributed by atoms with Crippen molar-refractivity contribution in [3.8, 4) is 0 Å². The van der Waals surface area contributed by atoms with Crippen molar-refractivity contribution in [2.45, 2.75) is 0 Å². The molecule has 5 heteroatoms. The number of carbonyl (C=O) groups is 1. The largest absolute Gasteiger partial charge is 0.350 e. The molecule has 0 atom stereocenters. The summed E-state index contributed by atoms with van der Waals surface area (Å²) in [4.78, 5) is 10.6. The van der Waals surface area contributed by atoms with E-state index in [0.717, 1.165) is 5.01 Å². The second kappa shape index (κ2) is 3.42. The molecule has 0 unspecified atom stereocenters. The molecule has 4 nitrogen and oxygen atoms in total. The normalized spacial score (nSPS) is 9.50. The van der Waals surface area contributed by atoms with Gasteiger partial charge in [0, 0.05) is 5.02 Å². The van der Waals surface area contributed by atoms with Gasteiger partial charge < -0.3 is 5.73 Å². The number of primary amides is 1. The van der Waals surface area contributed by atoms with Crippen LogP contribution in [0.2, 0.25) is 5.02 Å². The number of nitrogens with zero attached hydrogens (tertiary/aromatic N) is 1. The zero-order chi connectivity index (χ0) is 9.14. The quantitative estimate of drug-likeness (QED) is 0.391. The molecular formula is C7H8ClN3O. The van der Waals surface area contributed by atoms with E-state index in [0.29, 0.717) is 10.7 Å². The van der Waals surface area contributed by atoms with Gasteiger partial charge in [-0.05, 0) is 24.3 Å². The fourth-order valence-corrected chi connectivity index (χ4v) is 0.855. The highest BCUT2D eigenvalue weighted by atomic mass is 35.5. The van der Waals surface area contributed by atoms with Crippen LogP contribution in [0.4, 0.5) is 10.5 Å². The Balaban J connectivity index is 2.89. The van der Waals surface area contributed by atoms with Gasteiger partial charge in [-0.15, -0.1) is 0 Å². The van der Waals surface area contributed by atoms with Gasteiger partial charge in [-0.1, -0.05) is 11.6 Å². The minimum absolute atomic E-state index is 0.506. The smallest absolute Gasteiger partial charge is 0.333 e. The van der Waals surface area contributed by atoms with E-state index >= 15 is 0 Å². The van der Waals surface area contributed by atoms with E-state index in [1.807, 2.05) is 0 Å². The molecule has 0 heterocycles. The summed E-state index contributed by atoms with van der Waals surface area (Å²) in [6, 6.07) is 5.75. The highest BCUT2D eigenvalue weighted by Gasteiger charge is 2.05. The number of hydrogen-bond donors (Lipinski definition) is 2. The van der Waals surface area contributed by atoms with Gasteiger partial charge in [0.2, 0.25) is 0 Å². The summed E-state index contributed by atoms with van der Waals surface area (Å²) in [6.45, 7) is 0. The van der Waals surface area contributed by atoms with Crippen molar-refractivity contribution in [1.82, 2.24) is 0 Å². The molecule has 0 radical (unpaired) electrons. The SMILES string of the molecule is NC(=O)N(N)c1ccc(Cl)cc1. The van der Waals surface area contributed by atoms with Crippen LogP contribution in [0.3, 0.4) is 0 Å². The Hall–Kier alpha value is -1.26. The maximum absolute atomic E-state index is 10.6. The lowest BCUT2D eigenvalue weighted by Crippen LogP contribution is -2.41. The molecule has 1 rings (SSSR count). The molecule has 0 spiro atoms. The minimum Gasteiger partial charge on any atom is -0.350 e. The van der Waals surface area contributed by atoms with E-state index in [1.54, 1.807) is 24.3 Å². The number of anilines is 1. The number of amides is 2. The fraction of sp³-hybridized carbons (Fsp3) is 0. The highest BCUT2D eigenvalue weighted by Crippen LogP contribution is 2.15. The Morgan fingerprint density at radius 1 is 1.33 bits per heavy atom. The zero-order valence-electron chi connectivity index (χ0n) is 6.20. The number of hydrogen-bond acceptors (Lipinski definition) is 2. The summed E-state index contributed by atoms with van der Waals surface area (Å²) in [5, 5.41) is 1.42. The molecule has 0 aromatic heterocycles. The van der Waals surface area contributed by atoms with E-state index in [9.17, 15) is 4.79 Å². The lowest BCUT2D eigenvalue weighted by molar-refractivity contribution is 0.254. The molecule has 0 bridgehead atoms. The first-order valence-electron chi connectivity index (χ1n) is 3.21. The molecule has 1 aromatic carbocycles. The second-order valence-electron chi connectivity index (χ2n) is 2.18. The lowest BCUT2D eigenvalue weighted by Gasteiger charge is -2.12. The van der Waals surface area contributed by atoms with E-state index in [2.05, 4.69) is 0 Å². The standard InChI is InChI=1S/C7H8ClN3O/c8-5-1-3-6(4-2-5)11(10)7(9)12/h1-4H,10H2,(H2,9,12). The molecule has 0 fully saturated rings. The van der Waals surface area contributed by atoms with Gasteiger partial charge in [0.05, 0.1) is 5.69 Å². The summed E-state index contributed by atoms with van der Waals surface area (Å²) < 4.78 is 0. The average Bonchev–Trinajstić information content (AvgIpc) is 2.04. The van der Waals surface area contributed by atoms with Crippen LogP contribution < -0.4 is 16.6 Å². The van der Waals surface area contributed by atoms with Gasteiger partial charge in [0.1, 0.15) is 0 Å². The van der Waals surface area contributed by atoms with Crippen LogP contribution in [-0.2, 0) is 0 Å². The Bertz CT molecular complexity index is 285. The number of rotatable bonds is 1. The summed E-state index contributed by atoms with van der Waals surface area (Å²) in [5.41, 5.74) is 5.44. The van der Waals surface area contributed by atoms with Gasteiger partial charge in [0.15, 0.2) is 0 Å². The van der Waals surface area contributed by atoms with Gasteiger partial charge in [-0.2, -0.15) is 0 Å². The van der Waals surface area contributed by atoms with Crippen LogP contribution in [0.25, 0.3) is 0 Å². The predicted octanol–water partition coefficient (Wildman–Crippen LogP) is 1.10. The summed E-state index contributed by atoms with van der Waals surface area (Å²) in [7, 11) is 0. The molecule has 64 valence electrons. The molecule has 12 heavy (non-hydrogen) atoms. The van der Waals surface area contributed by atoms with Crippen molar-refractivity contribution in [2.24, 2.45) is 11.6 Å². The Labute approximate surface area is 74.7 Å². The molecule has 0 saturated heterocycles. The van der Waals surface area contributed by atoms with E-state index < -0.39 is 6.03 Å². The third kappa shape index (κ3) is 1.87. The fourth-order valence-electron chi connectivity index (χ4n) is 0.729. The predicted molar refractivity (Wildman–Crippen MR) is 47.7 cm³/mol. The molecule has 0 aliphatic heterocycles. The van der Waals surface area contributed by atoms with Crippen molar-refractivity contribution in [1.29, 1.82) is 0 Å². The second-order valence-corrected chi connectivity index (χ2v) is 2.62. The number of hydrazine groups is 1.